The number of hydrogen-bond donors (Lipinski definition) is 2. The number of furan rings is 1. The summed E-state index contributed by atoms with van der Waals surface area (Å²) in [6.45, 7) is 0. The summed E-state index contributed by atoms with van der Waals surface area (Å²) < 4.78 is 5.67. The molecule has 3 nitrogen and oxygen atoms in total. The molecule has 0 spiro atoms. The molecule has 0 aliphatic rings. The minimum absolute atomic E-state index is 0.204. The number of phenols is 1. The van der Waals surface area contributed by atoms with Gasteiger partial charge in [-0.1, -0.05) is 0 Å². The molecule has 0 saturated carbocycles. The SMILES string of the molecule is Nc1ccc(-c2cc3ccc(O)cc3o2)cc1. The highest BCUT2D eigenvalue weighted by atomic mass is 16.3. The van der Waals surface area contributed by atoms with Gasteiger partial charge in [0, 0.05) is 22.7 Å². The van der Waals surface area contributed by atoms with Crippen LogP contribution in [0.1, 0.15) is 0 Å². The highest BCUT2D eigenvalue weighted by Gasteiger charge is 2.06. The molecule has 84 valence electrons. The van der Waals surface area contributed by atoms with E-state index < -0.39 is 0 Å². The molecule has 1 heterocycles. The van der Waals surface area contributed by atoms with Gasteiger partial charge >= 0.3 is 0 Å². The zero-order valence-electron chi connectivity index (χ0n) is 9.05. The summed E-state index contributed by atoms with van der Waals surface area (Å²) in [4.78, 5) is 0. The Morgan fingerprint density at radius 3 is 2.47 bits per heavy atom. The first-order valence-electron chi connectivity index (χ1n) is 5.31. The Kier molecular flexibility index (Phi) is 2.05. The van der Waals surface area contributed by atoms with Gasteiger partial charge in [-0.15, -0.1) is 0 Å². The number of hydrogen-bond acceptors (Lipinski definition) is 3. The van der Waals surface area contributed by atoms with Gasteiger partial charge < -0.3 is 15.3 Å². The second kappa shape index (κ2) is 3.56. The first-order chi connectivity index (χ1) is 8.22. The largest absolute Gasteiger partial charge is 0.508 e. The molecule has 3 N–H and O–H groups in total. The van der Waals surface area contributed by atoms with E-state index in [0.717, 1.165) is 22.4 Å². The molecule has 3 aromatic rings. The smallest absolute Gasteiger partial charge is 0.138 e. The van der Waals surface area contributed by atoms with Crippen molar-refractivity contribution in [3.63, 3.8) is 0 Å². The maximum absolute atomic E-state index is 9.37. The molecule has 0 atom stereocenters. The number of benzene rings is 2. The van der Waals surface area contributed by atoms with Crippen LogP contribution in [-0.4, -0.2) is 5.11 Å². The van der Waals surface area contributed by atoms with Gasteiger partial charge in [-0.3, -0.25) is 0 Å². The zero-order valence-corrected chi connectivity index (χ0v) is 9.05. The molecule has 0 amide bonds. The summed E-state index contributed by atoms with van der Waals surface area (Å²) in [5, 5.41) is 10.3. The van der Waals surface area contributed by atoms with Crippen LogP contribution in [0.2, 0.25) is 0 Å². The normalized spacial score (nSPS) is 10.8. The summed E-state index contributed by atoms with van der Waals surface area (Å²) in [7, 11) is 0. The highest BCUT2D eigenvalue weighted by molar-refractivity contribution is 5.84. The number of aromatic hydroxyl groups is 1. The molecule has 0 aliphatic heterocycles. The lowest BCUT2D eigenvalue weighted by Gasteiger charge is -1.96. The van der Waals surface area contributed by atoms with E-state index >= 15 is 0 Å². The number of rotatable bonds is 1. The van der Waals surface area contributed by atoms with Gasteiger partial charge in [0.2, 0.25) is 0 Å². The van der Waals surface area contributed by atoms with Gasteiger partial charge in [-0.2, -0.15) is 0 Å². The predicted octanol–water partition coefficient (Wildman–Crippen LogP) is 3.39. The van der Waals surface area contributed by atoms with Crippen molar-refractivity contribution < 1.29 is 9.52 Å². The Hall–Kier alpha value is -2.42. The van der Waals surface area contributed by atoms with Crippen molar-refractivity contribution in [1.29, 1.82) is 0 Å². The Morgan fingerprint density at radius 2 is 1.71 bits per heavy atom. The van der Waals surface area contributed by atoms with E-state index in [1.807, 2.05) is 36.4 Å². The summed E-state index contributed by atoms with van der Waals surface area (Å²) in [5.41, 5.74) is 8.01. The van der Waals surface area contributed by atoms with Crippen molar-refractivity contribution in [2.24, 2.45) is 0 Å². The van der Waals surface area contributed by atoms with E-state index in [2.05, 4.69) is 0 Å². The Bertz CT molecular complexity index is 668. The molecule has 0 bridgehead atoms. The van der Waals surface area contributed by atoms with Crippen LogP contribution in [-0.2, 0) is 0 Å². The second-order valence-electron chi connectivity index (χ2n) is 3.95. The van der Waals surface area contributed by atoms with Crippen LogP contribution in [0.5, 0.6) is 5.75 Å². The minimum Gasteiger partial charge on any atom is -0.508 e. The van der Waals surface area contributed by atoms with Crippen molar-refractivity contribution in [2.75, 3.05) is 5.73 Å². The third-order valence-electron chi connectivity index (χ3n) is 2.70. The molecular weight excluding hydrogens is 214 g/mol. The first kappa shape index (κ1) is 9.78. The molecule has 0 unspecified atom stereocenters. The lowest BCUT2D eigenvalue weighted by Crippen LogP contribution is -1.82. The third-order valence-corrected chi connectivity index (χ3v) is 2.70. The molecule has 2 aromatic carbocycles. The van der Waals surface area contributed by atoms with Crippen molar-refractivity contribution in [2.45, 2.75) is 0 Å². The lowest BCUT2D eigenvalue weighted by atomic mass is 10.1. The van der Waals surface area contributed by atoms with E-state index in [9.17, 15) is 5.11 Å². The number of nitrogens with two attached hydrogens (primary N) is 1. The van der Waals surface area contributed by atoms with Gasteiger partial charge in [-0.05, 0) is 42.5 Å². The van der Waals surface area contributed by atoms with Crippen LogP contribution in [0.15, 0.2) is 52.9 Å². The van der Waals surface area contributed by atoms with E-state index in [1.165, 1.54) is 0 Å². The number of anilines is 1. The molecule has 0 aliphatic carbocycles. The molecule has 3 heteroatoms. The maximum atomic E-state index is 9.37. The van der Waals surface area contributed by atoms with E-state index in [1.54, 1.807) is 12.1 Å². The summed E-state index contributed by atoms with van der Waals surface area (Å²) in [5.74, 6) is 0.973. The summed E-state index contributed by atoms with van der Waals surface area (Å²) in [6, 6.07) is 14.5. The molecule has 3 rings (SSSR count). The van der Waals surface area contributed by atoms with Gasteiger partial charge in [-0.25, -0.2) is 0 Å². The minimum atomic E-state index is 0.204. The quantitative estimate of drug-likeness (QED) is 0.624. The average molecular weight is 225 g/mol. The Labute approximate surface area is 98.1 Å². The van der Waals surface area contributed by atoms with Gasteiger partial charge in [0.1, 0.15) is 17.1 Å². The molecule has 0 saturated heterocycles. The van der Waals surface area contributed by atoms with E-state index in [4.69, 9.17) is 10.2 Å². The lowest BCUT2D eigenvalue weighted by molar-refractivity contribution is 0.474. The van der Waals surface area contributed by atoms with Crippen LogP contribution in [0, 0.1) is 0 Å². The van der Waals surface area contributed by atoms with Gasteiger partial charge in [0.15, 0.2) is 0 Å². The predicted molar refractivity (Wildman–Crippen MR) is 67.7 cm³/mol. The number of nitrogen functional groups attached to an aromatic ring is 1. The Morgan fingerprint density at radius 1 is 0.941 bits per heavy atom. The third kappa shape index (κ3) is 1.72. The molecule has 0 fully saturated rings. The number of phenolic OH excluding ortho intramolecular Hbond substituents is 1. The van der Waals surface area contributed by atoms with Crippen LogP contribution in [0.25, 0.3) is 22.3 Å². The van der Waals surface area contributed by atoms with E-state index in [0.29, 0.717) is 5.58 Å². The van der Waals surface area contributed by atoms with Crippen LogP contribution < -0.4 is 5.73 Å². The van der Waals surface area contributed by atoms with Crippen molar-refractivity contribution in [3.05, 3.63) is 48.5 Å². The zero-order chi connectivity index (χ0) is 11.8. The Balaban J connectivity index is 2.14. The van der Waals surface area contributed by atoms with E-state index in [-0.39, 0.29) is 5.75 Å². The fraction of sp³-hybridized carbons (Fsp3) is 0. The van der Waals surface area contributed by atoms with Crippen LogP contribution in [0.3, 0.4) is 0 Å². The fourth-order valence-corrected chi connectivity index (χ4v) is 1.81. The van der Waals surface area contributed by atoms with Crippen LogP contribution >= 0.6 is 0 Å². The van der Waals surface area contributed by atoms with Crippen molar-refractivity contribution >= 4 is 16.7 Å². The van der Waals surface area contributed by atoms with Crippen molar-refractivity contribution in [3.8, 4) is 17.1 Å². The van der Waals surface area contributed by atoms with Crippen LogP contribution in [0.4, 0.5) is 5.69 Å². The molecule has 1 aromatic heterocycles. The molecule has 17 heavy (non-hydrogen) atoms. The number of fused-ring (bicyclic) bond motifs is 1. The molecule has 0 radical (unpaired) electrons. The highest BCUT2D eigenvalue weighted by Crippen LogP contribution is 2.30. The molecular formula is C14H11NO2. The second-order valence-corrected chi connectivity index (χ2v) is 3.95. The monoisotopic (exact) mass is 225 g/mol. The average Bonchev–Trinajstić information content (AvgIpc) is 2.72. The topological polar surface area (TPSA) is 59.4 Å². The standard InChI is InChI=1S/C14H11NO2/c15-11-4-1-9(2-5-11)13-7-10-3-6-12(16)8-14(10)17-13/h1-8,16H,15H2. The fourth-order valence-electron chi connectivity index (χ4n) is 1.81. The van der Waals surface area contributed by atoms with Crippen molar-refractivity contribution in [1.82, 2.24) is 0 Å². The van der Waals surface area contributed by atoms with Gasteiger partial charge in [0.25, 0.3) is 0 Å². The van der Waals surface area contributed by atoms with Gasteiger partial charge in [0.05, 0.1) is 0 Å². The summed E-state index contributed by atoms with van der Waals surface area (Å²) in [6.07, 6.45) is 0. The first-order valence-corrected chi connectivity index (χ1v) is 5.31. The maximum Gasteiger partial charge on any atom is 0.138 e. The summed E-state index contributed by atoms with van der Waals surface area (Å²) >= 11 is 0.